The Balaban J connectivity index is 1.40. The number of esters is 1. The summed E-state index contributed by atoms with van der Waals surface area (Å²) >= 11 is 6.24. The van der Waals surface area contributed by atoms with Crippen molar-refractivity contribution in [3.8, 4) is 0 Å². The topological polar surface area (TPSA) is 105 Å². The van der Waals surface area contributed by atoms with Crippen molar-refractivity contribution in [1.29, 1.82) is 0 Å². The van der Waals surface area contributed by atoms with Crippen molar-refractivity contribution >= 4 is 52.4 Å². The molecule has 1 aliphatic rings. The van der Waals surface area contributed by atoms with Crippen LogP contribution in [-0.4, -0.2) is 29.8 Å². The summed E-state index contributed by atoms with van der Waals surface area (Å²) in [5.41, 5.74) is 3.22. The highest BCUT2D eigenvalue weighted by molar-refractivity contribution is 6.53. The lowest BCUT2D eigenvalue weighted by Crippen LogP contribution is -2.32. The second-order valence-corrected chi connectivity index (χ2v) is 9.95. The van der Waals surface area contributed by atoms with E-state index in [-0.39, 0.29) is 22.7 Å². The molecule has 3 aromatic rings. The zero-order valence-corrected chi connectivity index (χ0v) is 22.7. The molecule has 0 spiro atoms. The van der Waals surface area contributed by atoms with Crippen LogP contribution >= 0.6 is 11.6 Å². The van der Waals surface area contributed by atoms with Crippen LogP contribution in [0.1, 0.15) is 59.9 Å². The number of benzene rings is 3. The van der Waals surface area contributed by atoms with Crippen LogP contribution in [0.25, 0.3) is 0 Å². The third kappa shape index (κ3) is 6.18. The fourth-order valence-corrected chi connectivity index (χ4v) is 4.09. The Morgan fingerprint density at radius 1 is 0.769 bits per heavy atom. The van der Waals surface area contributed by atoms with E-state index in [1.807, 2.05) is 12.1 Å². The van der Waals surface area contributed by atoms with Gasteiger partial charge in [0.25, 0.3) is 17.7 Å². The summed E-state index contributed by atoms with van der Waals surface area (Å²) in [4.78, 5) is 51.5. The molecule has 0 radical (unpaired) electrons. The van der Waals surface area contributed by atoms with Crippen molar-refractivity contribution in [2.24, 2.45) is 0 Å². The molecule has 0 aromatic heterocycles. The number of halogens is 1. The molecule has 9 heteroatoms. The molecule has 39 heavy (non-hydrogen) atoms. The number of amides is 3. The van der Waals surface area contributed by atoms with E-state index >= 15 is 0 Å². The van der Waals surface area contributed by atoms with Gasteiger partial charge in [-0.15, -0.1) is 0 Å². The largest absolute Gasteiger partial charge is 0.459 e. The highest BCUT2D eigenvalue weighted by Crippen LogP contribution is 2.31. The summed E-state index contributed by atoms with van der Waals surface area (Å²) in [7, 11) is 0. The standard InChI is InChI=1S/C30H28ClN3O5/c1-17(2)19-9-15-24(16-10-19)34-28(36)25(31)26(29(34)37)32-22-11-5-20(6-12-22)27(35)33-23-13-7-21(8-14-23)30(38)39-18(3)4/h5-18,32H,1-4H3,(H,33,35). The summed E-state index contributed by atoms with van der Waals surface area (Å²) in [6.07, 6.45) is -0.227. The molecule has 0 saturated carbocycles. The van der Waals surface area contributed by atoms with E-state index in [9.17, 15) is 19.2 Å². The highest BCUT2D eigenvalue weighted by atomic mass is 35.5. The molecule has 0 unspecified atom stereocenters. The van der Waals surface area contributed by atoms with Gasteiger partial charge < -0.3 is 15.4 Å². The fraction of sp³-hybridized carbons (Fsp3) is 0.200. The van der Waals surface area contributed by atoms with Gasteiger partial charge >= 0.3 is 5.97 Å². The number of imide groups is 1. The van der Waals surface area contributed by atoms with Crippen LogP contribution in [0.4, 0.5) is 17.1 Å². The van der Waals surface area contributed by atoms with Gasteiger partial charge in [-0.2, -0.15) is 0 Å². The fourth-order valence-electron chi connectivity index (χ4n) is 3.88. The SMILES string of the molecule is CC(C)OC(=O)c1ccc(NC(=O)c2ccc(NC3=C(Cl)C(=O)N(c4ccc(C(C)C)cc4)C3=O)cc2)cc1. The number of carbonyl (C=O) groups is 4. The van der Waals surface area contributed by atoms with Crippen LogP contribution in [-0.2, 0) is 14.3 Å². The Hall–Kier alpha value is -4.43. The van der Waals surface area contributed by atoms with Gasteiger partial charge in [0.2, 0.25) is 0 Å². The van der Waals surface area contributed by atoms with Crippen molar-refractivity contribution in [2.45, 2.75) is 39.7 Å². The van der Waals surface area contributed by atoms with E-state index in [0.29, 0.717) is 34.1 Å². The molecule has 200 valence electrons. The number of nitrogens with one attached hydrogen (secondary N) is 2. The lowest BCUT2D eigenvalue weighted by Gasteiger charge is -2.16. The maximum absolute atomic E-state index is 13.1. The van der Waals surface area contributed by atoms with Gasteiger partial charge in [-0.3, -0.25) is 14.4 Å². The first-order chi connectivity index (χ1) is 18.5. The molecule has 0 bridgehead atoms. The number of nitrogens with zero attached hydrogens (tertiary/aromatic N) is 1. The van der Waals surface area contributed by atoms with Gasteiger partial charge in [0.15, 0.2) is 0 Å². The number of rotatable bonds is 8. The summed E-state index contributed by atoms with van der Waals surface area (Å²) in [5, 5.41) is 5.46. The van der Waals surface area contributed by atoms with Crippen LogP contribution in [0.15, 0.2) is 83.5 Å². The predicted octanol–water partition coefficient (Wildman–Crippen LogP) is 6.06. The summed E-state index contributed by atoms with van der Waals surface area (Å²) in [5.74, 6) is -1.66. The van der Waals surface area contributed by atoms with Crippen molar-refractivity contribution in [1.82, 2.24) is 0 Å². The number of hydrogen-bond acceptors (Lipinski definition) is 6. The van der Waals surface area contributed by atoms with Crippen molar-refractivity contribution in [3.05, 3.63) is 100 Å². The maximum Gasteiger partial charge on any atom is 0.338 e. The van der Waals surface area contributed by atoms with E-state index in [1.165, 1.54) is 0 Å². The Bertz CT molecular complexity index is 1440. The third-order valence-electron chi connectivity index (χ3n) is 5.98. The monoisotopic (exact) mass is 545 g/mol. The van der Waals surface area contributed by atoms with Crippen molar-refractivity contribution in [3.63, 3.8) is 0 Å². The highest BCUT2D eigenvalue weighted by Gasteiger charge is 2.39. The first kappa shape index (κ1) is 27.6. The zero-order valence-electron chi connectivity index (χ0n) is 21.9. The minimum absolute atomic E-state index is 0.0390. The van der Waals surface area contributed by atoms with Gasteiger partial charge in [0.05, 0.1) is 17.4 Å². The summed E-state index contributed by atoms with van der Waals surface area (Å²) in [6, 6.07) is 19.9. The van der Waals surface area contributed by atoms with Gasteiger partial charge in [-0.05, 0) is 86.0 Å². The molecule has 0 fully saturated rings. The van der Waals surface area contributed by atoms with Gasteiger partial charge in [0.1, 0.15) is 10.7 Å². The Labute approximate surface area is 231 Å². The Morgan fingerprint density at radius 2 is 1.33 bits per heavy atom. The molecule has 0 atom stereocenters. The second kappa shape index (κ2) is 11.5. The molecule has 4 rings (SSSR count). The van der Waals surface area contributed by atoms with Gasteiger partial charge in [-0.25, -0.2) is 9.69 Å². The Morgan fingerprint density at radius 3 is 1.90 bits per heavy atom. The first-order valence-electron chi connectivity index (χ1n) is 12.4. The van der Waals surface area contributed by atoms with Crippen molar-refractivity contribution in [2.75, 3.05) is 15.5 Å². The quantitative estimate of drug-likeness (QED) is 0.263. The molecular weight excluding hydrogens is 518 g/mol. The van der Waals surface area contributed by atoms with E-state index in [4.69, 9.17) is 16.3 Å². The number of hydrogen-bond donors (Lipinski definition) is 2. The van der Waals surface area contributed by atoms with E-state index in [2.05, 4.69) is 24.5 Å². The van der Waals surface area contributed by atoms with E-state index < -0.39 is 17.8 Å². The summed E-state index contributed by atoms with van der Waals surface area (Å²) in [6.45, 7) is 7.65. The molecule has 3 amide bonds. The van der Waals surface area contributed by atoms with E-state index in [1.54, 1.807) is 74.5 Å². The van der Waals surface area contributed by atoms with Crippen LogP contribution in [0.2, 0.25) is 0 Å². The minimum Gasteiger partial charge on any atom is -0.459 e. The average molecular weight is 546 g/mol. The molecule has 2 N–H and O–H groups in total. The first-order valence-corrected chi connectivity index (χ1v) is 12.8. The normalized spacial score (nSPS) is 13.4. The lowest BCUT2D eigenvalue weighted by molar-refractivity contribution is -0.120. The van der Waals surface area contributed by atoms with Crippen LogP contribution in [0.3, 0.4) is 0 Å². The molecule has 3 aromatic carbocycles. The van der Waals surface area contributed by atoms with E-state index in [0.717, 1.165) is 10.5 Å². The number of ether oxygens (including phenoxy) is 1. The van der Waals surface area contributed by atoms with Gasteiger partial charge in [-0.1, -0.05) is 37.6 Å². The molecule has 1 aliphatic heterocycles. The minimum atomic E-state index is -0.610. The maximum atomic E-state index is 13.1. The average Bonchev–Trinajstić information content (AvgIpc) is 3.12. The Kier molecular flexibility index (Phi) is 8.16. The molecular formula is C30H28ClN3O5. The second-order valence-electron chi connectivity index (χ2n) is 9.57. The summed E-state index contributed by atoms with van der Waals surface area (Å²) < 4.78 is 5.16. The van der Waals surface area contributed by atoms with Crippen molar-refractivity contribution < 1.29 is 23.9 Å². The molecule has 8 nitrogen and oxygen atoms in total. The predicted molar refractivity (Wildman–Crippen MR) is 151 cm³/mol. The smallest absolute Gasteiger partial charge is 0.338 e. The van der Waals surface area contributed by atoms with Gasteiger partial charge in [0, 0.05) is 16.9 Å². The van der Waals surface area contributed by atoms with Crippen LogP contribution in [0.5, 0.6) is 0 Å². The molecule has 1 heterocycles. The zero-order chi connectivity index (χ0) is 28.3. The third-order valence-corrected chi connectivity index (χ3v) is 6.33. The molecule has 0 saturated heterocycles. The lowest BCUT2D eigenvalue weighted by atomic mass is 10.0. The van der Waals surface area contributed by atoms with Crippen LogP contribution in [0, 0.1) is 0 Å². The number of carbonyl (C=O) groups excluding carboxylic acids is 4. The molecule has 0 aliphatic carbocycles. The van der Waals surface area contributed by atoms with Crippen LogP contribution < -0.4 is 15.5 Å². The number of anilines is 3.